The van der Waals surface area contributed by atoms with Crippen LogP contribution in [0, 0.1) is 0 Å². The lowest BCUT2D eigenvalue weighted by Crippen LogP contribution is -2.46. The summed E-state index contributed by atoms with van der Waals surface area (Å²) in [4.78, 5) is 11.6. The van der Waals surface area contributed by atoms with Gasteiger partial charge in [-0.3, -0.25) is 0 Å². The molecule has 0 aromatic heterocycles. The molecule has 0 amide bonds. The van der Waals surface area contributed by atoms with E-state index in [9.17, 15) is 9.90 Å². The molecule has 1 aliphatic heterocycles. The Morgan fingerprint density at radius 1 is 0.742 bits per heavy atom. The van der Waals surface area contributed by atoms with Crippen molar-refractivity contribution in [1.29, 1.82) is 0 Å². The van der Waals surface area contributed by atoms with Crippen molar-refractivity contribution in [3.8, 4) is 11.5 Å². The van der Waals surface area contributed by atoms with Gasteiger partial charge >= 0.3 is 5.97 Å². The Morgan fingerprint density at radius 2 is 1.29 bits per heavy atom. The molecule has 1 heterocycles. The third kappa shape index (κ3) is 5.42. The summed E-state index contributed by atoms with van der Waals surface area (Å²) in [7, 11) is 0. The number of aromatic carboxylic acids is 1. The minimum atomic E-state index is -1.07. The fourth-order valence-electron chi connectivity index (χ4n) is 3.38. The van der Waals surface area contributed by atoms with Gasteiger partial charge in [0.15, 0.2) is 23.7 Å². The molecule has 2 atom stereocenters. The summed E-state index contributed by atoms with van der Waals surface area (Å²) < 4.78 is 23.9. The van der Waals surface area contributed by atoms with Crippen LogP contribution in [-0.4, -0.2) is 36.5 Å². The van der Waals surface area contributed by atoms with Gasteiger partial charge in [-0.1, -0.05) is 66.7 Å². The molecule has 0 saturated carbocycles. The van der Waals surface area contributed by atoms with E-state index in [-0.39, 0.29) is 24.5 Å². The molecule has 0 unspecified atom stereocenters. The molecular weight excluding hydrogens is 396 g/mol. The number of carboxylic acids is 1. The van der Waals surface area contributed by atoms with Gasteiger partial charge in [0.25, 0.3) is 0 Å². The lowest BCUT2D eigenvalue weighted by molar-refractivity contribution is -0.0718. The van der Waals surface area contributed by atoms with Gasteiger partial charge in [0.05, 0.1) is 26.4 Å². The maximum absolute atomic E-state index is 11.6. The average molecular weight is 420 g/mol. The monoisotopic (exact) mass is 420 g/mol. The normalized spacial score (nSPS) is 17.3. The van der Waals surface area contributed by atoms with E-state index in [0.717, 1.165) is 11.1 Å². The van der Waals surface area contributed by atoms with Crippen molar-refractivity contribution in [2.75, 3.05) is 13.2 Å². The third-order valence-electron chi connectivity index (χ3n) is 4.96. The highest BCUT2D eigenvalue weighted by Crippen LogP contribution is 2.37. The first-order valence-corrected chi connectivity index (χ1v) is 10.1. The number of carbonyl (C=O) groups is 1. The Labute approximate surface area is 181 Å². The number of para-hydroxylation sites is 1. The van der Waals surface area contributed by atoms with Gasteiger partial charge in [0, 0.05) is 0 Å². The zero-order valence-corrected chi connectivity index (χ0v) is 17.0. The highest BCUT2D eigenvalue weighted by molar-refractivity contribution is 5.92. The predicted octanol–water partition coefficient (Wildman–Crippen LogP) is 4.33. The van der Waals surface area contributed by atoms with Crippen LogP contribution in [0.3, 0.4) is 0 Å². The van der Waals surface area contributed by atoms with E-state index in [1.54, 1.807) is 12.1 Å². The van der Waals surface area contributed by atoms with Gasteiger partial charge in [0.2, 0.25) is 0 Å². The van der Waals surface area contributed by atoms with Gasteiger partial charge in [0.1, 0.15) is 5.56 Å². The third-order valence-corrected chi connectivity index (χ3v) is 4.96. The van der Waals surface area contributed by atoms with Crippen molar-refractivity contribution < 1.29 is 28.8 Å². The minimum absolute atomic E-state index is 0.0641. The Hall–Kier alpha value is -3.35. The highest BCUT2D eigenvalue weighted by atomic mass is 16.6. The van der Waals surface area contributed by atoms with Crippen LogP contribution in [-0.2, 0) is 22.7 Å². The second-order valence-electron chi connectivity index (χ2n) is 7.25. The minimum Gasteiger partial charge on any atom is -0.480 e. The summed E-state index contributed by atoms with van der Waals surface area (Å²) in [6.07, 6.45) is -0.941. The standard InChI is InChI=1S/C25H24O6/c26-25(27)20-12-7-13-21-24(20)31-23(17-29-15-19-10-5-2-6-11-19)22(30-21)16-28-14-18-8-3-1-4-9-18/h1-13,22-23H,14-17H2,(H,26,27)/t22-,23-/m1/s1. The van der Waals surface area contributed by atoms with E-state index < -0.39 is 18.2 Å². The summed E-state index contributed by atoms with van der Waals surface area (Å²) in [5, 5.41) is 9.49. The molecule has 6 heteroatoms. The van der Waals surface area contributed by atoms with E-state index >= 15 is 0 Å². The molecule has 4 rings (SSSR count). The first-order valence-electron chi connectivity index (χ1n) is 10.1. The summed E-state index contributed by atoms with van der Waals surface area (Å²) in [6.45, 7) is 1.39. The van der Waals surface area contributed by atoms with Crippen LogP contribution < -0.4 is 9.47 Å². The molecule has 3 aromatic carbocycles. The molecule has 1 aliphatic rings. The Kier molecular flexibility index (Phi) is 6.82. The second kappa shape index (κ2) is 10.1. The van der Waals surface area contributed by atoms with Gasteiger partial charge in [-0.25, -0.2) is 4.79 Å². The Balaban J connectivity index is 1.44. The van der Waals surface area contributed by atoms with Gasteiger partial charge < -0.3 is 24.1 Å². The maximum Gasteiger partial charge on any atom is 0.339 e. The molecule has 3 aromatic rings. The number of rotatable bonds is 9. The first kappa shape index (κ1) is 20.9. The molecule has 0 fully saturated rings. The zero-order valence-electron chi connectivity index (χ0n) is 17.0. The van der Waals surface area contributed by atoms with Gasteiger partial charge in [-0.15, -0.1) is 0 Å². The summed E-state index contributed by atoms with van der Waals surface area (Å²) in [6, 6.07) is 24.5. The molecule has 0 bridgehead atoms. The number of benzene rings is 3. The van der Waals surface area contributed by atoms with Crippen molar-refractivity contribution in [3.63, 3.8) is 0 Å². The number of ether oxygens (including phenoxy) is 4. The summed E-state index contributed by atoms with van der Waals surface area (Å²) >= 11 is 0. The Bertz CT molecular complexity index is 989. The number of carboxylic acid groups (broad SMARTS) is 1. The van der Waals surface area contributed by atoms with Crippen LogP contribution in [0.5, 0.6) is 11.5 Å². The summed E-state index contributed by atoms with van der Waals surface area (Å²) in [5.41, 5.74) is 2.17. The number of fused-ring (bicyclic) bond motifs is 1. The lowest BCUT2D eigenvalue weighted by Gasteiger charge is -2.34. The van der Waals surface area contributed by atoms with Crippen molar-refractivity contribution in [3.05, 3.63) is 95.6 Å². The van der Waals surface area contributed by atoms with Crippen LogP contribution in [0.1, 0.15) is 21.5 Å². The molecular formula is C25H24O6. The summed E-state index contributed by atoms with van der Waals surface area (Å²) in [5.74, 6) is -0.446. The van der Waals surface area contributed by atoms with Gasteiger partial charge in [-0.2, -0.15) is 0 Å². The van der Waals surface area contributed by atoms with E-state index in [2.05, 4.69) is 0 Å². The zero-order chi connectivity index (χ0) is 21.5. The highest BCUT2D eigenvalue weighted by Gasteiger charge is 2.34. The lowest BCUT2D eigenvalue weighted by atomic mass is 10.1. The molecule has 31 heavy (non-hydrogen) atoms. The largest absolute Gasteiger partial charge is 0.480 e. The van der Waals surface area contributed by atoms with Crippen LogP contribution >= 0.6 is 0 Å². The van der Waals surface area contributed by atoms with Crippen LogP contribution in [0.4, 0.5) is 0 Å². The van der Waals surface area contributed by atoms with Crippen molar-refractivity contribution >= 4 is 5.97 Å². The Morgan fingerprint density at radius 3 is 1.84 bits per heavy atom. The second-order valence-corrected chi connectivity index (χ2v) is 7.25. The van der Waals surface area contributed by atoms with E-state index in [1.807, 2.05) is 60.7 Å². The number of hydrogen-bond donors (Lipinski definition) is 1. The molecule has 6 nitrogen and oxygen atoms in total. The smallest absolute Gasteiger partial charge is 0.339 e. The van der Waals surface area contributed by atoms with Gasteiger partial charge in [-0.05, 0) is 23.3 Å². The molecule has 1 N–H and O–H groups in total. The molecule has 160 valence electrons. The quantitative estimate of drug-likeness (QED) is 0.556. The van der Waals surface area contributed by atoms with Crippen molar-refractivity contribution in [2.45, 2.75) is 25.4 Å². The van der Waals surface area contributed by atoms with Crippen LogP contribution in [0.15, 0.2) is 78.9 Å². The predicted molar refractivity (Wildman–Crippen MR) is 114 cm³/mol. The number of hydrogen-bond acceptors (Lipinski definition) is 5. The van der Waals surface area contributed by atoms with Crippen molar-refractivity contribution in [2.24, 2.45) is 0 Å². The molecule has 0 aliphatic carbocycles. The van der Waals surface area contributed by atoms with E-state index in [4.69, 9.17) is 18.9 Å². The fraction of sp³-hybridized carbons (Fsp3) is 0.240. The average Bonchev–Trinajstić information content (AvgIpc) is 2.80. The maximum atomic E-state index is 11.6. The SMILES string of the molecule is O=C(O)c1cccc2c1O[C@H](COCc1ccccc1)[C@@H](COCc1ccccc1)O2. The van der Waals surface area contributed by atoms with Crippen LogP contribution in [0.25, 0.3) is 0 Å². The first-order chi connectivity index (χ1) is 15.2. The van der Waals surface area contributed by atoms with Crippen molar-refractivity contribution in [1.82, 2.24) is 0 Å². The topological polar surface area (TPSA) is 74.2 Å². The van der Waals surface area contributed by atoms with Crippen LogP contribution in [0.2, 0.25) is 0 Å². The fourth-order valence-corrected chi connectivity index (χ4v) is 3.38. The van der Waals surface area contributed by atoms with E-state index in [1.165, 1.54) is 6.07 Å². The molecule has 0 saturated heterocycles. The molecule has 0 spiro atoms. The molecule has 0 radical (unpaired) electrons. The van der Waals surface area contributed by atoms with E-state index in [0.29, 0.717) is 19.0 Å².